The quantitative estimate of drug-likeness (QED) is 0.690. The fourth-order valence-corrected chi connectivity index (χ4v) is 2.43. The Morgan fingerprint density at radius 3 is 2.26 bits per heavy atom. The van der Waals surface area contributed by atoms with Crippen LogP contribution in [0, 0.1) is 0 Å². The average Bonchev–Trinajstić information content (AvgIpc) is 3.53. The Bertz CT molecular complexity index is 979. The molecular weight excluding hydrogens is 375 g/mol. The molecule has 1 aliphatic heterocycles. The normalized spacial score (nSPS) is 13.2. The summed E-state index contributed by atoms with van der Waals surface area (Å²) in [5.74, 6) is 2.83. The highest BCUT2D eigenvalue weighted by Crippen LogP contribution is 2.30. The van der Waals surface area contributed by atoms with Gasteiger partial charge < -0.3 is 5.73 Å². The first-order valence-electron chi connectivity index (χ1n) is 8.30. The molecule has 1 fully saturated rings. The lowest BCUT2D eigenvalue weighted by molar-refractivity contribution is -0.137. The van der Waals surface area contributed by atoms with Gasteiger partial charge in [0.05, 0.1) is 29.3 Å². The van der Waals surface area contributed by atoms with Crippen molar-refractivity contribution in [2.75, 3.05) is 11.5 Å². The number of hydrogen-bond donors (Lipinski definition) is 1. The highest BCUT2D eigenvalue weighted by atomic mass is 32.2. The Hall–Kier alpha value is -2.32. The first-order chi connectivity index (χ1) is 12.9. The zero-order valence-corrected chi connectivity index (χ0v) is 15.2. The second-order valence-electron chi connectivity index (χ2n) is 6.04. The molecule has 0 spiro atoms. The van der Waals surface area contributed by atoms with Gasteiger partial charge in [-0.2, -0.15) is 24.9 Å². The van der Waals surface area contributed by atoms with Crippen LogP contribution in [0.15, 0.2) is 53.6 Å². The average molecular weight is 393 g/mol. The molecule has 1 aliphatic rings. The number of thioether (sulfide) groups is 1. The standard InChI is InChI=1S/C17H14F3N3O.C2H4S/c18-17(19,20)13-5-6-15-14(7-13)16(24)23(10-22-15)9-12-3-1-11(8-21)2-4-12;1-2-3-1/h1-7,10H,8-9,21H2;1-2H2. The maximum absolute atomic E-state index is 12.8. The summed E-state index contributed by atoms with van der Waals surface area (Å²) in [6.45, 7) is 0.640. The minimum Gasteiger partial charge on any atom is -0.326 e. The predicted octanol–water partition coefficient (Wildman–Crippen LogP) is 3.66. The van der Waals surface area contributed by atoms with Gasteiger partial charge in [0, 0.05) is 18.1 Å². The van der Waals surface area contributed by atoms with Crippen molar-refractivity contribution in [3.8, 4) is 0 Å². The van der Waals surface area contributed by atoms with Crippen LogP contribution in [0.5, 0.6) is 0 Å². The molecule has 2 aromatic carbocycles. The van der Waals surface area contributed by atoms with Gasteiger partial charge in [0.1, 0.15) is 0 Å². The molecule has 0 radical (unpaired) electrons. The van der Waals surface area contributed by atoms with Crippen LogP contribution in [-0.2, 0) is 19.3 Å². The summed E-state index contributed by atoms with van der Waals surface area (Å²) in [5.41, 5.74) is 6.19. The van der Waals surface area contributed by atoms with E-state index in [1.807, 2.05) is 36.0 Å². The summed E-state index contributed by atoms with van der Waals surface area (Å²) in [7, 11) is 0. The third-order valence-corrected chi connectivity index (χ3v) is 4.38. The fraction of sp³-hybridized carbons (Fsp3) is 0.263. The van der Waals surface area contributed by atoms with Crippen molar-refractivity contribution in [2.45, 2.75) is 19.3 Å². The van der Waals surface area contributed by atoms with Crippen LogP contribution < -0.4 is 11.3 Å². The lowest BCUT2D eigenvalue weighted by Crippen LogP contribution is -2.21. The van der Waals surface area contributed by atoms with E-state index in [0.717, 1.165) is 23.3 Å². The van der Waals surface area contributed by atoms with E-state index >= 15 is 0 Å². The van der Waals surface area contributed by atoms with E-state index < -0.39 is 17.3 Å². The molecule has 0 unspecified atom stereocenters. The van der Waals surface area contributed by atoms with Gasteiger partial charge in [-0.25, -0.2) is 4.98 Å². The first-order valence-corrected chi connectivity index (χ1v) is 9.46. The Morgan fingerprint density at radius 1 is 1.07 bits per heavy atom. The molecule has 142 valence electrons. The SMILES string of the molecule is C1CS1.NCc1ccc(Cn2cnc3ccc(C(F)(F)F)cc3c2=O)cc1. The van der Waals surface area contributed by atoms with Crippen molar-refractivity contribution in [3.05, 3.63) is 75.8 Å². The topological polar surface area (TPSA) is 60.9 Å². The van der Waals surface area contributed by atoms with Crippen molar-refractivity contribution in [3.63, 3.8) is 0 Å². The largest absolute Gasteiger partial charge is 0.416 e. The summed E-state index contributed by atoms with van der Waals surface area (Å²) in [6.07, 6.45) is -3.16. The van der Waals surface area contributed by atoms with Gasteiger partial charge in [0.15, 0.2) is 0 Å². The molecule has 27 heavy (non-hydrogen) atoms. The van der Waals surface area contributed by atoms with E-state index in [4.69, 9.17) is 5.73 Å². The van der Waals surface area contributed by atoms with E-state index in [-0.39, 0.29) is 17.4 Å². The summed E-state index contributed by atoms with van der Waals surface area (Å²) >= 11 is 2.00. The molecule has 0 saturated carbocycles. The third kappa shape index (κ3) is 5.11. The number of aromatic nitrogens is 2. The van der Waals surface area contributed by atoms with Gasteiger partial charge in [0.2, 0.25) is 0 Å². The van der Waals surface area contributed by atoms with Gasteiger partial charge in [0.25, 0.3) is 5.56 Å². The van der Waals surface area contributed by atoms with E-state index in [2.05, 4.69) is 4.98 Å². The smallest absolute Gasteiger partial charge is 0.326 e. The van der Waals surface area contributed by atoms with E-state index in [1.165, 1.54) is 28.5 Å². The lowest BCUT2D eigenvalue weighted by Gasteiger charge is -2.10. The van der Waals surface area contributed by atoms with Crippen molar-refractivity contribution in [2.24, 2.45) is 5.73 Å². The molecule has 4 nitrogen and oxygen atoms in total. The van der Waals surface area contributed by atoms with Crippen LogP contribution in [0.4, 0.5) is 13.2 Å². The van der Waals surface area contributed by atoms with Gasteiger partial charge in [-0.3, -0.25) is 9.36 Å². The molecule has 2 heterocycles. The molecule has 3 aromatic rings. The monoisotopic (exact) mass is 393 g/mol. The number of hydrogen-bond acceptors (Lipinski definition) is 4. The van der Waals surface area contributed by atoms with Crippen molar-refractivity contribution in [1.29, 1.82) is 0 Å². The number of rotatable bonds is 3. The first kappa shape index (κ1) is 19.4. The second kappa shape index (κ2) is 8.14. The molecule has 1 saturated heterocycles. The number of nitrogens with two attached hydrogens (primary N) is 1. The van der Waals surface area contributed by atoms with E-state index in [0.29, 0.717) is 6.54 Å². The predicted molar refractivity (Wildman–Crippen MR) is 102 cm³/mol. The van der Waals surface area contributed by atoms with Crippen molar-refractivity contribution >= 4 is 22.7 Å². The zero-order valence-electron chi connectivity index (χ0n) is 14.4. The van der Waals surface area contributed by atoms with E-state index in [1.54, 1.807) is 0 Å². The van der Waals surface area contributed by atoms with Crippen LogP contribution in [0.1, 0.15) is 16.7 Å². The molecule has 0 aliphatic carbocycles. The highest BCUT2D eigenvalue weighted by molar-refractivity contribution is 8.06. The Morgan fingerprint density at radius 2 is 1.70 bits per heavy atom. The Labute approximate surface area is 158 Å². The Balaban J connectivity index is 0.000000637. The Kier molecular flexibility index (Phi) is 5.86. The highest BCUT2D eigenvalue weighted by Gasteiger charge is 2.30. The van der Waals surface area contributed by atoms with Crippen LogP contribution in [-0.4, -0.2) is 21.1 Å². The minimum absolute atomic E-state index is 0.0501. The van der Waals surface area contributed by atoms with Crippen molar-refractivity contribution < 1.29 is 13.2 Å². The summed E-state index contributed by atoms with van der Waals surface area (Å²) in [6, 6.07) is 10.3. The van der Waals surface area contributed by atoms with Crippen LogP contribution >= 0.6 is 11.8 Å². The van der Waals surface area contributed by atoms with Gasteiger partial charge in [-0.1, -0.05) is 24.3 Å². The second-order valence-corrected chi connectivity index (χ2v) is 7.27. The molecule has 8 heteroatoms. The third-order valence-electron chi connectivity index (χ3n) is 3.97. The lowest BCUT2D eigenvalue weighted by atomic mass is 10.1. The molecule has 0 amide bonds. The van der Waals surface area contributed by atoms with Crippen LogP contribution in [0.25, 0.3) is 10.9 Å². The zero-order chi connectivity index (χ0) is 19.4. The summed E-state index contributed by atoms with van der Waals surface area (Å²) in [5, 5.41) is -0.0501. The van der Waals surface area contributed by atoms with Crippen molar-refractivity contribution in [1.82, 2.24) is 9.55 Å². The molecular formula is C19H18F3N3OS. The van der Waals surface area contributed by atoms with Gasteiger partial charge in [-0.15, -0.1) is 0 Å². The van der Waals surface area contributed by atoms with Crippen LogP contribution in [0.3, 0.4) is 0 Å². The summed E-state index contributed by atoms with van der Waals surface area (Å²) < 4.78 is 39.8. The summed E-state index contributed by atoms with van der Waals surface area (Å²) in [4.78, 5) is 16.5. The number of benzene rings is 2. The fourth-order valence-electron chi connectivity index (χ4n) is 2.43. The maximum Gasteiger partial charge on any atom is 0.416 e. The molecule has 1 aromatic heterocycles. The van der Waals surface area contributed by atoms with Crippen LogP contribution in [0.2, 0.25) is 0 Å². The van der Waals surface area contributed by atoms with Gasteiger partial charge in [-0.05, 0) is 29.3 Å². The number of halogens is 3. The number of fused-ring (bicyclic) bond motifs is 1. The molecule has 0 bridgehead atoms. The molecule has 4 rings (SSSR count). The van der Waals surface area contributed by atoms with Gasteiger partial charge >= 0.3 is 6.18 Å². The minimum atomic E-state index is -4.50. The molecule has 2 N–H and O–H groups in total. The number of nitrogens with zero attached hydrogens (tertiary/aromatic N) is 2. The van der Waals surface area contributed by atoms with E-state index in [9.17, 15) is 18.0 Å². The maximum atomic E-state index is 12.8. The molecule has 0 atom stereocenters. The number of alkyl halides is 3.